The minimum Gasteiger partial charge on any atom is -0.354 e. The number of hydrogen-bond acceptors (Lipinski definition) is 3. The highest BCUT2D eigenvalue weighted by Gasteiger charge is 2.44. The Hall–Kier alpha value is -0.620. The fraction of sp³-hybridized carbons (Fsp3) is 0.875. The van der Waals surface area contributed by atoms with Crippen LogP contribution in [0.15, 0.2) is 0 Å². The van der Waals surface area contributed by atoms with Crippen LogP contribution in [-0.2, 0) is 14.8 Å². The highest BCUT2D eigenvalue weighted by Crippen LogP contribution is 2.44. The molecule has 6 heteroatoms. The second kappa shape index (κ2) is 3.51. The Bertz CT molecular complexity index is 332. The van der Waals surface area contributed by atoms with Gasteiger partial charge in [-0.3, -0.25) is 4.79 Å². The van der Waals surface area contributed by atoms with Crippen LogP contribution in [0.25, 0.3) is 0 Å². The third kappa shape index (κ3) is 2.68. The minimum absolute atomic E-state index is 0.0759. The van der Waals surface area contributed by atoms with Gasteiger partial charge in [-0.05, 0) is 19.8 Å². The second-order valence-electron chi connectivity index (χ2n) is 4.17. The zero-order valence-electron chi connectivity index (χ0n) is 8.41. The molecule has 1 aliphatic carbocycles. The van der Waals surface area contributed by atoms with E-state index in [0.717, 1.165) is 12.8 Å². The van der Waals surface area contributed by atoms with Gasteiger partial charge >= 0.3 is 0 Å². The Labute approximate surface area is 84.1 Å². The van der Waals surface area contributed by atoms with Crippen molar-refractivity contribution in [1.82, 2.24) is 5.32 Å². The van der Waals surface area contributed by atoms with Crippen LogP contribution >= 0.6 is 0 Å². The summed E-state index contributed by atoms with van der Waals surface area (Å²) in [5.41, 5.74) is -0.266. The molecule has 3 N–H and O–H groups in total. The van der Waals surface area contributed by atoms with E-state index in [4.69, 9.17) is 5.14 Å². The fourth-order valence-corrected chi connectivity index (χ4v) is 1.30. The molecule has 1 saturated carbocycles. The van der Waals surface area contributed by atoms with E-state index in [2.05, 4.69) is 5.32 Å². The van der Waals surface area contributed by atoms with E-state index in [-0.39, 0.29) is 17.9 Å². The summed E-state index contributed by atoms with van der Waals surface area (Å²) in [5, 5.41) is 6.78. The zero-order chi connectivity index (χ0) is 11.0. The number of hydrogen-bond donors (Lipinski definition) is 2. The smallest absolute Gasteiger partial charge is 0.225 e. The molecule has 0 spiro atoms. The topological polar surface area (TPSA) is 89.3 Å². The van der Waals surface area contributed by atoms with Gasteiger partial charge < -0.3 is 5.32 Å². The van der Waals surface area contributed by atoms with Crippen molar-refractivity contribution in [1.29, 1.82) is 0 Å². The molecule has 1 amide bonds. The maximum Gasteiger partial charge on any atom is 0.225 e. The van der Waals surface area contributed by atoms with Crippen LogP contribution in [0.3, 0.4) is 0 Å². The van der Waals surface area contributed by atoms with E-state index in [0.29, 0.717) is 0 Å². The Kier molecular flexibility index (Phi) is 2.87. The van der Waals surface area contributed by atoms with E-state index in [1.54, 1.807) is 0 Å². The molecule has 0 radical (unpaired) electrons. The Morgan fingerprint density at radius 1 is 1.57 bits per heavy atom. The number of sulfonamides is 1. The molecular weight excluding hydrogens is 204 g/mol. The summed E-state index contributed by atoms with van der Waals surface area (Å²) in [4.78, 5) is 11.4. The first-order chi connectivity index (χ1) is 6.26. The molecule has 0 aromatic carbocycles. The van der Waals surface area contributed by atoms with E-state index in [1.807, 2.05) is 6.92 Å². The predicted octanol–water partition coefficient (Wildman–Crippen LogP) is -0.420. The monoisotopic (exact) mass is 220 g/mol. The van der Waals surface area contributed by atoms with Gasteiger partial charge in [0.1, 0.15) is 0 Å². The van der Waals surface area contributed by atoms with Crippen molar-refractivity contribution in [3.8, 4) is 0 Å². The van der Waals surface area contributed by atoms with E-state index in [9.17, 15) is 13.2 Å². The van der Waals surface area contributed by atoms with Crippen LogP contribution in [0.1, 0.15) is 26.7 Å². The highest BCUT2D eigenvalue weighted by atomic mass is 32.2. The SMILES string of the molecule is CC(CNC(=O)C1(C)CC1)S(N)(=O)=O. The third-order valence-corrected chi connectivity index (χ3v) is 3.95. The van der Waals surface area contributed by atoms with Gasteiger partial charge in [0.25, 0.3) is 0 Å². The molecule has 0 aromatic heterocycles. The van der Waals surface area contributed by atoms with Gasteiger partial charge in [0.05, 0.1) is 5.25 Å². The number of nitrogens with two attached hydrogens (primary N) is 1. The van der Waals surface area contributed by atoms with Crippen LogP contribution in [0.5, 0.6) is 0 Å². The van der Waals surface area contributed by atoms with Crippen molar-refractivity contribution in [2.24, 2.45) is 10.6 Å². The number of amides is 1. The first-order valence-electron chi connectivity index (χ1n) is 4.56. The van der Waals surface area contributed by atoms with Gasteiger partial charge in [-0.25, -0.2) is 13.6 Å². The van der Waals surface area contributed by atoms with Gasteiger partial charge in [-0.15, -0.1) is 0 Å². The summed E-state index contributed by atoms with van der Waals surface area (Å²) in [6.07, 6.45) is 1.76. The number of carbonyl (C=O) groups is 1. The highest BCUT2D eigenvalue weighted by molar-refractivity contribution is 7.89. The molecule has 5 nitrogen and oxygen atoms in total. The van der Waals surface area contributed by atoms with Crippen LogP contribution in [0.4, 0.5) is 0 Å². The molecule has 1 unspecified atom stereocenters. The van der Waals surface area contributed by atoms with Gasteiger partial charge in [0, 0.05) is 12.0 Å². The van der Waals surface area contributed by atoms with Crippen LogP contribution < -0.4 is 10.5 Å². The summed E-state index contributed by atoms with van der Waals surface area (Å²) in [7, 11) is -3.54. The zero-order valence-corrected chi connectivity index (χ0v) is 9.23. The van der Waals surface area contributed by atoms with Gasteiger partial charge in [-0.2, -0.15) is 0 Å². The third-order valence-electron chi connectivity index (χ3n) is 2.66. The predicted molar refractivity (Wildman–Crippen MR) is 52.9 cm³/mol. The largest absolute Gasteiger partial charge is 0.354 e. The standard InChI is InChI=1S/C8H16N2O3S/c1-6(14(9,12)13)5-10-7(11)8(2)3-4-8/h6H,3-5H2,1-2H3,(H,10,11)(H2,9,12,13). The average molecular weight is 220 g/mol. The molecule has 82 valence electrons. The van der Waals surface area contributed by atoms with Crippen LogP contribution in [0, 0.1) is 5.41 Å². The summed E-state index contributed by atoms with van der Waals surface area (Å²) in [6.45, 7) is 3.43. The first-order valence-corrected chi connectivity index (χ1v) is 6.16. The summed E-state index contributed by atoms with van der Waals surface area (Å²) >= 11 is 0. The Morgan fingerprint density at radius 3 is 2.43 bits per heavy atom. The molecule has 0 aromatic rings. The lowest BCUT2D eigenvalue weighted by molar-refractivity contribution is -0.125. The molecule has 0 heterocycles. The van der Waals surface area contributed by atoms with E-state index in [1.165, 1.54) is 6.92 Å². The Balaban J connectivity index is 2.38. The van der Waals surface area contributed by atoms with Crippen LogP contribution in [0.2, 0.25) is 0 Å². The Morgan fingerprint density at radius 2 is 2.07 bits per heavy atom. The normalized spacial score (nSPS) is 21.4. The van der Waals surface area contributed by atoms with Crippen molar-refractivity contribution in [2.45, 2.75) is 31.9 Å². The van der Waals surface area contributed by atoms with Gasteiger partial charge in [-0.1, -0.05) is 6.92 Å². The van der Waals surface area contributed by atoms with E-state index < -0.39 is 15.3 Å². The van der Waals surface area contributed by atoms with Crippen molar-refractivity contribution in [3.05, 3.63) is 0 Å². The summed E-state index contributed by atoms with van der Waals surface area (Å²) in [6, 6.07) is 0. The van der Waals surface area contributed by atoms with E-state index >= 15 is 0 Å². The lowest BCUT2D eigenvalue weighted by atomic mass is 10.1. The number of carbonyl (C=O) groups excluding carboxylic acids is 1. The molecule has 0 bridgehead atoms. The average Bonchev–Trinajstić information content (AvgIpc) is 2.78. The van der Waals surface area contributed by atoms with Gasteiger partial charge in [0.2, 0.25) is 15.9 Å². The first kappa shape index (κ1) is 11.5. The summed E-state index contributed by atoms with van der Waals surface area (Å²) < 4.78 is 21.7. The molecular formula is C8H16N2O3S. The summed E-state index contributed by atoms with van der Waals surface area (Å²) in [5.74, 6) is -0.0759. The molecule has 1 aliphatic rings. The van der Waals surface area contributed by atoms with Crippen molar-refractivity contribution < 1.29 is 13.2 Å². The fourth-order valence-electron chi connectivity index (χ4n) is 0.981. The maximum absolute atomic E-state index is 11.4. The maximum atomic E-state index is 11.4. The number of nitrogens with one attached hydrogen (secondary N) is 1. The van der Waals surface area contributed by atoms with Crippen molar-refractivity contribution in [3.63, 3.8) is 0 Å². The lowest BCUT2D eigenvalue weighted by Gasteiger charge is -2.13. The minimum atomic E-state index is -3.54. The van der Waals surface area contributed by atoms with Crippen molar-refractivity contribution >= 4 is 15.9 Å². The second-order valence-corrected chi connectivity index (χ2v) is 6.15. The molecule has 1 atom stereocenters. The lowest BCUT2D eigenvalue weighted by Crippen LogP contribution is -2.40. The van der Waals surface area contributed by atoms with Gasteiger partial charge in [0.15, 0.2) is 0 Å². The number of primary sulfonamides is 1. The molecule has 0 aliphatic heterocycles. The molecule has 14 heavy (non-hydrogen) atoms. The molecule has 0 saturated heterocycles. The quantitative estimate of drug-likeness (QED) is 0.674. The molecule has 1 fully saturated rings. The number of rotatable bonds is 4. The molecule has 1 rings (SSSR count). The van der Waals surface area contributed by atoms with Crippen LogP contribution in [-0.4, -0.2) is 26.1 Å². The van der Waals surface area contributed by atoms with Crippen molar-refractivity contribution in [2.75, 3.05) is 6.54 Å².